The van der Waals surface area contributed by atoms with Crippen LogP contribution in [0.5, 0.6) is 0 Å². The maximum Gasteiger partial charge on any atom is 0.257 e. The van der Waals surface area contributed by atoms with E-state index in [4.69, 9.17) is 4.52 Å². The van der Waals surface area contributed by atoms with Crippen molar-refractivity contribution in [1.82, 2.24) is 15.0 Å². The van der Waals surface area contributed by atoms with Gasteiger partial charge in [0, 0.05) is 19.3 Å². The Morgan fingerprint density at radius 3 is 2.73 bits per heavy atom. The van der Waals surface area contributed by atoms with E-state index in [9.17, 15) is 4.79 Å². The van der Waals surface area contributed by atoms with Crippen molar-refractivity contribution in [1.29, 1.82) is 0 Å². The highest BCUT2D eigenvalue weighted by Crippen LogP contribution is 2.26. The molecule has 1 amide bonds. The van der Waals surface area contributed by atoms with Gasteiger partial charge in [-0.3, -0.25) is 4.79 Å². The average molecular weight is 301 g/mol. The number of nitrogens with zero attached hydrogens (tertiary/aromatic N) is 3. The molecule has 2 aromatic rings. The van der Waals surface area contributed by atoms with Gasteiger partial charge in [0.15, 0.2) is 0 Å². The van der Waals surface area contributed by atoms with E-state index in [-0.39, 0.29) is 11.8 Å². The second-order valence-corrected chi connectivity index (χ2v) is 6.51. The van der Waals surface area contributed by atoms with Crippen molar-refractivity contribution in [3.05, 3.63) is 23.5 Å². The van der Waals surface area contributed by atoms with Gasteiger partial charge in [0.2, 0.25) is 0 Å². The van der Waals surface area contributed by atoms with Gasteiger partial charge in [-0.2, -0.15) is 0 Å². The molecule has 2 aromatic heterocycles. The van der Waals surface area contributed by atoms with Crippen molar-refractivity contribution in [3.8, 4) is 0 Å². The van der Waals surface area contributed by atoms with Gasteiger partial charge in [-0.1, -0.05) is 38.3 Å². The number of amides is 1. The minimum Gasteiger partial charge on any atom is -0.339 e. The monoisotopic (exact) mass is 301 g/mol. The second-order valence-electron chi connectivity index (χ2n) is 6.51. The predicted octanol–water partition coefficient (Wildman–Crippen LogP) is 3.75. The highest BCUT2D eigenvalue weighted by molar-refractivity contribution is 5.97. The Morgan fingerprint density at radius 2 is 2.05 bits per heavy atom. The summed E-state index contributed by atoms with van der Waals surface area (Å²) in [4.78, 5) is 18.9. The fraction of sp³-hybridized carbons (Fsp3) is 0.588. The third kappa shape index (κ3) is 2.72. The number of hydrogen-bond acceptors (Lipinski definition) is 4. The number of aromatic nitrogens is 2. The Kier molecular flexibility index (Phi) is 4.14. The molecule has 5 heteroatoms. The van der Waals surface area contributed by atoms with Crippen LogP contribution in [-0.2, 0) is 0 Å². The summed E-state index contributed by atoms with van der Waals surface area (Å²) in [5.74, 6) is 0.279. The van der Waals surface area contributed by atoms with Crippen molar-refractivity contribution in [2.75, 3.05) is 7.05 Å². The van der Waals surface area contributed by atoms with Crippen LogP contribution >= 0.6 is 0 Å². The Labute approximate surface area is 130 Å². The molecule has 1 aliphatic carbocycles. The van der Waals surface area contributed by atoms with Gasteiger partial charge >= 0.3 is 0 Å². The molecule has 5 nitrogen and oxygen atoms in total. The van der Waals surface area contributed by atoms with Crippen molar-refractivity contribution in [3.63, 3.8) is 0 Å². The van der Waals surface area contributed by atoms with Crippen molar-refractivity contribution < 1.29 is 9.32 Å². The summed E-state index contributed by atoms with van der Waals surface area (Å²) in [7, 11) is 1.90. The highest BCUT2D eigenvalue weighted by Gasteiger charge is 2.24. The zero-order valence-electron chi connectivity index (χ0n) is 13.5. The van der Waals surface area contributed by atoms with Crippen LogP contribution in [0, 0.1) is 0 Å². The molecule has 0 saturated heterocycles. The molecule has 0 atom stereocenters. The first kappa shape index (κ1) is 15.0. The van der Waals surface area contributed by atoms with Gasteiger partial charge in [-0.05, 0) is 24.8 Å². The second kappa shape index (κ2) is 6.07. The molecule has 0 aromatic carbocycles. The van der Waals surface area contributed by atoms with Crippen LogP contribution in [-0.4, -0.2) is 34.0 Å². The summed E-state index contributed by atoms with van der Waals surface area (Å²) in [6.45, 7) is 4.11. The summed E-state index contributed by atoms with van der Waals surface area (Å²) in [5, 5.41) is 4.91. The van der Waals surface area contributed by atoms with Gasteiger partial charge in [0.25, 0.3) is 11.6 Å². The van der Waals surface area contributed by atoms with Gasteiger partial charge in [0.1, 0.15) is 0 Å². The molecule has 0 radical (unpaired) electrons. The molecule has 1 fully saturated rings. The van der Waals surface area contributed by atoms with Crippen molar-refractivity contribution in [2.24, 2.45) is 0 Å². The summed E-state index contributed by atoms with van der Waals surface area (Å²) < 4.78 is 5.24. The lowest BCUT2D eigenvalue weighted by Crippen LogP contribution is -2.38. The highest BCUT2D eigenvalue weighted by atomic mass is 16.5. The SMILES string of the molecule is CC(C)c1noc2ncc(C(=O)N(C)C3CCCCC3)cc12. The molecule has 0 unspecified atom stereocenters. The van der Waals surface area contributed by atoms with Gasteiger partial charge in [-0.25, -0.2) is 4.98 Å². The van der Waals surface area contributed by atoms with Gasteiger partial charge < -0.3 is 9.42 Å². The lowest BCUT2D eigenvalue weighted by atomic mass is 9.94. The van der Waals surface area contributed by atoms with E-state index in [1.165, 1.54) is 19.3 Å². The van der Waals surface area contributed by atoms with Crippen LogP contribution in [0.15, 0.2) is 16.8 Å². The Morgan fingerprint density at radius 1 is 1.32 bits per heavy atom. The molecule has 118 valence electrons. The van der Waals surface area contributed by atoms with E-state index >= 15 is 0 Å². The summed E-state index contributed by atoms with van der Waals surface area (Å²) in [6.07, 6.45) is 7.50. The molecule has 1 saturated carbocycles. The molecule has 2 heterocycles. The van der Waals surface area contributed by atoms with Crippen LogP contribution in [0.25, 0.3) is 11.1 Å². The minimum absolute atomic E-state index is 0.0391. The minimum atomic E-state index is 0.0391. The van der Waals surface area contributed by atoms with Crippen molar-refractivity contribution in [2.45, 2.75) is 57.9 Å². The van der Waals surface area contributed by atoms with Crippen LogP contribution in [0.3, 0.4) is 0 Å². The number of carbonyl (C=O) groups is 1. The van der Waals surface area contributed by atoms with Crippen LogP contribution in [0.2, 0.25) is 0 Å². The van der Waals surface area contributed by atoms with E-state index in [0.717, 1.165) is 23.9 Å². The maximum atomic E-state index is 12.7. The first-order chi connectivity index (χ1) is 10.6. The number of fused-ring (bicyclic) bond motifs is 1. The van der Waals surface area contributed by atoms with Gasteiger partial charge in [0.05, 0.1) is 16.6 Å². The molecule has 0 N–H and O–H groups in total. The van der Waals surface area contributed by atoms with Gasteiger partial charge in [-0.15, -0.1) is 0 Å². The van der Waals surface area contributed by atoms with E-state index in [2.05, 4.69) is 24.0 Å². The normalized spacial score (nSPS) is 16.4. The number of hydrogen-bond donors (Lipinski definition) is 0. The van der Waals surface area contributed by atoms with Crippen molar-refractivity contribution >= 4 is 17.0 Å². The molecule has 3 rings (SSSR count). The lowest BCUT2D eigenvalue weighted by molar-refractivity contribution is 0.0696. The van der Waals surface area contributed by atoms with E-state index in [0.29, 0.717) is 17.3 Å². The molecular formula is C17H23N3O2. The quantitative estimate of drug-likeness (QED) is 0.866. The Bertz CT molecular complexity index is 672. The largest absolute Gasteiger partial charge is 0.339 e. The van der Waals surface area contributed by atoms with Crippen LogP contribution < -0.4 is 0 Å². The average Bonchev–Trinajstić information content (AvgIpc) is 2.97. The first-order valence-electron chi connectivity index (χ1n) is 8.10. The van der Waals surface area contributed by atoms with E-state index in [1.54, 1.807) is 6.20 Å². The third-order valence-electron chi connectivity index (χ3n) is 4.59. The molecule has 0 bridgehead atoms. The maximum absolute atomic E-state index is 12.7. The summed E-state index contributed by atoms with van der Waals surface area (Å²) in [5.41, 5.74) is 1.98. The standard InChI is InChI=1S/C17H23N3O2/c1-11(2)15-14-9-12(10-18-16(14)22-19-15)17(21)20(3)13-7-5-4-6-8-13/h9-11,13H,4-8H2,1-3H3. The first-order valence-corrected chi connectivity index (χ1v) is 8.10. The number of carbonyl (C=O) groups excluding carboxylic acids is 1. The molecule has 22 heavy (non-hydrogen) atoms. The fourth-order valence-electron chi connectivity index (χ4n) is 3.22. The Hall–Kier alpha value is -1.91. The van der Waals surface area contributed by atoms with E-state index in [1.807, 2.05) is 18.0 Å². The van der Waals surface area contributed by atoms with Crippen LogP contribution in [0.1, 0.15) is 67.9 Å². The topological polar surface area (TPSA) is 59.2 Å². The Balaban J connectivity index is 1.88. The summed E-state index contributed by atoms with van der Waals surface area (Å²) >= 11 is 0. The third-order valence-corrected chi connectivity index (χ3v) is 4.59. The number of rotatable bonds is 3. The molecule has 1 aliphatic rings. The fourth-order valence-corrected chi connectivity index (χ4v) is 3.22. The zero-order valence-corrected chi connectivity index (χ0v) is 13.5. The molecule has 0 spiro atoms. The summed E-state index contributed by atoms with van der Waals surface area (Å²) in [6, 6.07) is 2.22. The smallest absolute Gasteiger partial charge is 0.257 e. The molecular weight excluding hydrogens is 278 g/mol. The number of pyridine rings is 1. The van der Waals surface area contributed by atoms with E-state index < -0.39 is 0 Å². The molecule has 0 aliphatic heterocycles. The lowest BCUT2D eigenvalue weighted by Gasteiger charge is -2.31. The zero-order chi connectivity index (χ0) is 15.7. The van der Waals surface area contributed by atoms with Crippen LogP contribution in [0.4, 0.5) is 0 Å². The predicted molar refractivity (Wildman–Crippen MR) is 84.9 cm³/mol.